The molecule has 31 heavy (non-hydrogen) atoms. The van der Waals surface area contributed by atoms with Crippen LogP contribution in [0.1, 0.15) is 35.8 Å². The first-order valence-electron chi connectivity index (χ1n) is 10.2. The topological polar surface area (TPSA) is 60.0 Å². The Bertz CT molecular complexity index is 1200. The molecule has 4 rings (SSSR count). The molecular formula is C26H24FN3O. The van der Waals surface area contributed by atoms with Crippen LogP contribution in [0.3, 0.4) is 0 Å². The molecule has 1 heterocycles. The van der Waals surface area contributed by atoms with E-state index in [0.29, 0.717) is 22.6 Å². The fourth-order valence-electron chi connectivity index (χ4n) is 3.90. The molecule has 4 aromatic rings. The quantitative estimate of drug-likeness (QED) is 0.391. The van der Waals surface area contributed by atoms with Crippen molar-refractivity contribution < 1.29 is 9.18 Å². The summed E-state index contributed by atoms with van der Waals surface area (Å²) in [6.45, 7) is 4.00. The van der Waals surface area contributed by atoms with Crippen LogP contribution in [0, 0.1) is 5.82 Å². The summed E-state index contributed by atoms with van der Waals surface area (Å²) >= 11 is 0. The molecule has 0 atom stereocenters. The van der Waals surface area contributed by atoms with Crippen molar-refractivity contribution in [1.29, 1.82) is 0 Å². The number of nitrogen functional groups attached to an aromatic ring is 1. The third-order valence-corrected chi connectivity index (χ3v) is 5.23. The smallest absolute Gasteiger partial charge is 0.258 e. The second-order valence-electron chi connectivity index (χ2n) is 7.70. The predicted octanol–water partition coefficient (Wildman–Crippen LogP) is 6.05. The van der Waals surface area contributed by atoms with Gasteiger partial charge < -0.3 is 11.2 Å². The van der Waals surface area contributed by atoms with Gasteiger partial charge >= 0.3 is 0 Å². The molecule has 3 N–H and O–H groups in total. The molecule has 0 unspecified atom stereocenters. The Balaban J connectivity index is 1.99. The number of nitrogens with zero attached hydrogens (tertiary/aromatic N) is 1. The van der Waals surface area contributed by atoms with Crippen molar-refractivity contribution in [3.05, 3.63) is 102 Å². The summed E-state index contributed by atoms with van der Waals surface area (Å²) in [7, 11) is 0. The van der Waals surface area contributed by atoms with Crippen LogP contribution in [-0.4, -0.2) is 10.6 Å². The zero-order chi connectivity index (χ0) is 22.0. The molecule has 0 radical (unpaired) electrons. The van der Waals surface area contributed by atoms with E-state index in [4.69, 9.17) is 5.84 Å². The predicted molar refractivity (Wildman–Crippen MR) is 124 cm³/mol. The minimum Gasteiger partial charge on any atom is -0.339 e. The second kappa shape index (κ2) is 8.48. The molecule has 1 aromatic heterocycles. The Labute approximate surface area is 181 Å². The minimum absolute atomic E-state index is 0.0156. The zero-order valence-electron chi connectivity index (χ0n) is 17.5. The minimum atomic E-state index is -0.328. The van der Waals surface area contributed by atoms with Crippen molar-refractivity contribution >= 4 is 11.6 Å². The number of hydrogen-bond acceptors (Lipinski definition) is 2. The van der Waals surface area contributed by atoms with E-state index in [9.17, 15) is 9.18 Å². The lowest BCUT2D eigenvalue weighted by Gasteiger charge is -2.12. The molecule has 0 saturated heterocycles. The maximum Gasteiger partial charge on any atom is 0.258 e. The van der Waals surface area contributed by atoms with E-state index in [0.717, 1.165) is 16.7 Å². The van der Waals surface area contributed by atoms with E-state index >= 15 is 0 Å². The normalized spacial score (nSPS) is 11.0. The lowest BCUT2D eigenvalue weighted by molar-refractivity contribution is 0.102. The highest BCUT2D eigenvalue weighted by Gasteiger charge is 2.29. The van der Waals surface area contributed by atoms with Crippen LogP contribution in [0.5, 0.6) is 0 Å². The average Bonchev–Trinajstić information content (AvgIpc) is 3.09. The summed E-state index contributed by atoms with van der Waals surface area (Å²) in [4.78, 5) is 13.5. The van der Waals surface area contributed by atoms with Crippen molar-refractivity contribution in [2.45, 2.75) is 19.8 Å². The van der Waals surface area contributed by atoms with Crippen LogP contribution in [0.15, 0.2) is 84.9 Å². The third kappa shape index (κ3) is 3.94. The summed E-state index contributed by atoms with van der Waals surface area (Å²) < 4.78 is 15.2. The number of anilines is 1. The maximum atomic E-state index is 13.6. The number of rotatable bonds is 5. The van der Waals surface area contributed by atoms with Gasteiger partial charge in [0.05, 0.1) is 17.0 Å². The molecule has 1 amide bonds. The first kappa shape index (κ1) is 20.4. The monoisotopic (exact) mass is 413 g/mol. The number of para-hydroxylation sites is 1. The van der Waals surface area contributed by atoms with Gasteiger partial charge in [-0.2, -0.15) is 0 Å². The van der Waals surface area contributed by atoms with Gasteiger partial charge in [-0.05, 0) is 47.9 Å². The van der Waals surface area contributed by atoms with Crippen molar-refractivity contribution in [2.75, 3.05) is 11.2 Å². The number of hydrogen-bond donors (Lipinski definition) is 2. The van der Waals surface area contributed by atoms with Crippen LogP contribution in [0.2, 0.25) is 0 Å². The van der Waals surface area contributed by atoms with E-state index in [2.05, 4.69) is 5.32 Å². The lowest BCUT2D eigenvalue weighted by Crippen LogP contribution is -2.19. The van der Waals surface area contributed by atoms with Crippen molar-refractivity contribution in [1.82, 2.24) is 4.68 Å². The standard InChI is InChI=1S/C26H24FN3O/c1-17(2)24-23(26(31)29-21-11-7-4-8-12-21)22(18-9-5-3-6-10-18)25(30(24)28)19-13-15-20(27)16-14-19/h3-17H,28H2,1-2H3,(H,29,31). The van der Waals surface area contributed by atoms with Gasteiger partial charge in [-0.25, -0.2) is 4.39 Å². The molecule has 0 spiro atoms. The summed E-state index contributed by atoms with van der Waals surface area (Å²) in [5.41, 5.74) is 4.95. The molecule has 0 fully saturated rings. The van der Waals surface area contributed by atoms with E-state index in [1.807, 2.05) is 74.5 Å². The number of carbonyl (C=O) groups excluding carboxylic acids is 1. The zero-order valence-corrected chi connectivity index (χ0v) is 17.5. The third-order valence-electron chi connectivity index (χ3n) is 5.23. The summed E-state index contributed by atoms with van der Waals surface area (Å²) in [5, 5.41) is 3.00. The van der Waals surface area contributed by atoms with Gasteiger partial charge in [-0.1, -0.05) is 62.4 Å². The number of halogens is 1. The van der Waals surface area contributed by atoms with Gasteiger partial charge in [0.1, 0.15) is 5.82 Å². The molecule has 0 aliphatic rings. The number of carbonyl (C=O) groups is 1. The number of nitrogens with two attached hydrogens (primary N) is 1. The van der Waals surface area contributed by atoms with E-state index < -0.39 is 0 Å². The molecular weight excluding hydrogens is 389 g/mol. The Morgan fingerprint density at radius 1 is 0.871 bits per heavy atom. The van der Waals surface area contributed by atoms with Crippen LogP contribution < -0.4 is 11.2 Å². The first-order chi connectivity index (χ1) is 15.0. The molecule has 0 aliphatic carbocycles. The summed E-state index contributed by atoms with van der Waals surface area (Å²) in [6.07, 6.45) is 0. The molecule has 5 heteroatoms. The van der Waals surface area contributed by atoms with Crippen LogP contribution >= 0.6 is 0 Å². The number of aromatic nitrogens is 1. The molecule has 156 valence electrons. The Hall–Kier alpha value is -3.86. The van der Waals surface area contributed by atoms with E-state index in [1.165, 1.54) is 12.1 Å². The molecule has 0 saturated carbocycles. The highest BCUT2D eigenvalue weighted by molar-refractivity contribution is 6.12. The Morgan fingerprint density at radius 2 is 1.45 bits per heavy atom. The van der Waals surface area contributed by atoms with Crippen molar-refractivity contribution in [3.63, 3.8) is 0 Å². The average molecular weight is 413 g/mol. The second-order valence-corrected chi connectivity index (χ2v) is 7.70. The summed E-state index contributed by atoms with van der Waals surface area (Å²) in [5.74, 6) is 6.01. The van der Waals surface area contributed by atoms with Gasteiger partial charge in [-0.3, -0.25) is 9.47 Å². The van der Waals surface area contributed by atoms with Crippen LogP contribution in [0.4, 0.5) is 10.1 Å². The van der Waals surface area contributed by atoms with Gasteiger partial charge in [0.2, 0.25) is 0 Å². The van der Waals surface area contributed by atoms with Crippen molar-refractivity contribution in [2.24, 2.45) is 0 Å². The molecule has 3 aromatic carbocycles. The molecule has 4 nitrogen and oxygen atoms in total. The molecule has 0 aliphatic heterocycles. The van der Waals surface area contributed by atoms with Gasteiger partial charge in [-0.15, -0.1) is 0 Å². The number of amides is 1. The van der Waals surface area contributed by atoms with Gasteiger partial charge in [0.15, 0.2) is 0 Å². The van der Waals surface area contributed by atoms with Gasteiger partial charge in [0.25, 0.3) is 5.91 Å². The first-order valence-corrected chi connectivity index (χ1v) is 10.2. The number of benzene rings is 3. The van der Waals surface area contributed by atoms with Crippen LogP contribution in [-0.2, 0) is 0 Å². The number of nitrogens with one attached hydrogen (secondary N) is 1. The summed E-state index contributed by atoms with van der Waals surface area (Å²) in [6, 6.07) is 25.2. The van der Waals surface area contributed by atoms with Crippen LogP contribution in [0.25, 0.3) is 22.4 Å². The molecule has 0 bridgehead atoms. The fourth-order valence-corrected chi connectivity index (χ4v) is 3.90. The fraction of sp³-hybridized carbons (Fsp3) is 0.115. The highest BCUT2D eigenvalue weighted by Crippen LogP contribution is 2.41. The lowest BCUT2D eigenvalue weighted by atomic mass is 9.94. The Kier molecular flexibility index (Phi) is 5.58. The highest BCUT2D eigenvalue weighted by atomic mass is 19.1. The largest absolute Gasteiger partial charge is 0.339 e. The van der Waals surface area contributed by atoms with E-state index in [1.54, 1.807) is 16.8 Å². The van der Waals surface area contributed by atoms with E-state index in [-0.39, 0.29) is 17.6 Å². The Morgan fingerprint density at radius 3 is 2.03 bits per heavy atom. The SMILES string of the molecule is CC(C)c1c(C(=O)Nc2ccccc2)c(-c2ccccc2)c(-c2ccc(F)cc2)n1N. The maximum absolute atomic E-state index is 13.6. The van der Waals surface area contributed by atoms with Crippen molar-refractivity contribution in [3.8, 4) is 22.4 Å². The van der Waals surface area contributed by atoms with Gasteiger partial charge in [0, 0.05) is 16.8 Å².